The zero-order chi connectivity index (χ0) is 21.5. The molecule has 0 spiro atoms. The molecule has 0 radical (unpaired) electrons. The fourth-order valence-electron chi connectivity index (χ4n) is 3.58. The number of anilines is 2. The minimum Gasteiger partial charge on any atom is -0.370 e. The number of hydrogen-bond donors (Lipinski definition) is 2. The first kappa shape index (κ1) is 22.4. The standard InChI is InChI=1S/C22H31N5O2S/c1-4-23-18-11-10-15(14-25-18)19(28)16-8-7-9-17-21(20(16)29)30-22(26-17)24-12-5-6-13-27(2)3/h10-11,14,16H,4-9,12-13H2,1-3H3,(H,23,25)(H,24,26). The normalized spacial score (nSPS) is 16.3. The largest absolute Gasteiger partial charge is 0.370 e. The molecule has 162 valence electrons. The Morgan fingerprint density at radius 1 is 1.27 bits per heavy atom. The molecule has 3 rings (SSSR count). The van der Waals surface area contributed by atoms with Crippen molar-refractivity contribution < 1.29 is 9.59 Å². The third-order valence-corrected chi connectivity index (χ3v) is 6.24. The maximum atomic E-state index is 13.2. The summed E-state index contributed by atoms with van der Waals surface area (Å²) < 4.78 is 0. The molecule has 1 aliphatic rings. The van der Waals surface area contributed by atoms with Crippen molar-refractivity contribution in [2.75, 3.05) is 44.4 Å². The highest BCUT2D eigenvalue weighted by molar-refractivity contribution is 7.17. The van der Waals surface area contributed by atoms with Crippen LogP contribution in [0.2, 0.25) is 0 Å². The minimum absolute atomic E-state index is 0.0959. The Balaban J connectivity index is 1.65. The number of Topliss-reactive ketones (excluding diaryl/α,β-unsaturated/α-hetero) is 2. The van der Waals surface area contributed by atoms with Crippen LogP contribution < -0.4 is 10.6 Å². The van der Waals surface area contributed by atoms with Crippen molar-refractivity contribution in [1.82, 2.24) is 14.9 Å². The zero-order valence-electron chi connectivity index (χ0n) is 18.0. The van der Waals surface area contributed by atoms with Gasteiger partial charge in [0, 0.05) is 24.8 Å². The van der Waals surface area contributed by atoms with Gasteiger partial charge in [-0.05, 0) is 71.8 Å². The van der Waals surface area contributed by atoms with Crippen molar-refractivity contribution in [2.45, 2.75) is 39.0 Å². The fraction of sp³-hybridized carbons (Fsp3) is 0.545. The Morgan fingerprint density at radius 2 is 2.10 bits per heavy atom. The van der Waals surface area contributed by atoms with E-state index >= 15 is 0 Å². The lowest BCUT2D eigenvalue weighted by atomic mass is 9.91. The molecule has 1 unspecified atom stereocenters. The Morgan fingerprint density at radius 3 is 2.80 bits per heavy atom. The van der Waals surface area contributed by atoms with Gasteiger partial charge in [0.2, 0.25) is 0 Å². The number of rotatable bonds is 10. The van der Waals surface area contributed by atoms with E-state index in [1.807, 2.05) is 6.92 Å². The number of carbonyl (C=O) groups excluding carboxylic acids is 2. The Kier molecular flexibility index (Phi) is 7.93. The number of aromatic nitrogens is 2. The summed E-state index contributed by atoms with van der Waals surface area (Å²) in [6, 6.07) is 3.54. The Labute approximate surface area is 182 Å². The monoisotopic (exact) mass is 429 g/mol. The molecule has 0 fully saturated rings. The van der Waals surface area contributed by atoms with Crippen LogP contribution in [0, 0.1) is 5.92 Å². The number of nitrogens with zero attached hydrogens (tertiary/aromatic N) is 3. The quantitative estimate of drug-likeness (QED) is 0.257. The highest BCUT2D eigenvalue weighted by atomic mass is 32.1. The zero-order valence-corrected chi connectivity index (χ0v) is 18.8. The van der Waals surface area contributed by atoms with Crippen LogP contribution in [-0.4, -0.2) is 60.2 Å². The van der Waals surface area contributed by atoms with E-state index < -0.39 is 5.92 Å². The lowest BCUT2D eigenvalue weighted by Crippen LogP contribution is -2.23. The second kappa shape index (κ2) is 10.6. The van der Waals surface area contributed by atoms with Gasteiger partial charge in [-0.3, -0.25) is 9.59 Å². The van der Waals surface area contributed by atoms with Gasteiger partial charge in [-0.1, -0.05) is 11.3 Å². The number of pyridine rings is 1. The molecule has 8 heteroatoms. The van der Waals surface area contributed by atoms with Gasteiger partial charge in [-0.15, -0.1) is 0 Å². The first-order chi connectivity index (χ1) is 14.5. The molecule has 0 aliphatic heterocycles. The molecule has 2 heterocycles. The SMILES string of the molecule is CCNc1ccc(C(=O)C2CCCc3nc(NCCCCN(C)C)sc3C2=O)cn1. The van der Waals surface area contributed by atoms with Crippen LogP contribution in [0.25, 0.3) is 0 Å². The van der Waals surface area contributed by atoms with E-state index in [2.05, 4.69) is 39.6 Å². The number of unbranched alkanes of at least 4 members (excludes halogenated alkanes) is 1. The van der Waals surface area contributed by atoms with E-state index in [9.17, 15) is 9.59 Å². The summed E-state index contributed by atoms with van der Waals surface area (Å²) in [6.45, 7) is 4.65. The van der Waals surface area contributed by atoms with Crippen molar-refractivity contribution >= 4 is 33.9 Å². The predicted octanol–water partition coefficient (Wildman–Crippen LogP) is 3.74. The lowest BCUT2D eigenvalue weighted by molar-refractivity contribution is 0.0803. The highest BCUT2D eigenvalue weighted by Gasteiger charge is 2.34. The van der Waals surface area contributed by atoms with Crippen molar-refractivity contribution in [3.05, 3.63) is 34.5 Å². The molecule has 30 heavy (non-hydrogen) atoms. The van der Waals surface area contributed by atoms with Gasteiger partial charge in [0.25, 0.3) is 0 Å². The maximum Gasteiger partial charge on any atom is 0.185 e. The van der Waals surface area contributed by atoms with Crippen LogP contribution in [0.3, 0.4) is 0 Å². The van der Waals surface area contributed by atoms with E-state index in [0.717, 1.165) is 62.0 Å². The van der Waals surface area contributed by atoms with Crippen LogP contribution in [0.1, 0.15) is 58.3 Å². The van der Waals surface area contributed by atoms with E-state index in [1.165, 1.54) is 11.3 Å². The van der Waals surface area contributed by atoms with Crippen LogP contribution in [-0.2, 0) is 6.42 Å². The molecule has 2 aromatic heterocycles. The first-order valence-electron chi connectivity index (χ1n) is 10.7. The second-order valence-electron chi connectivity index (χ2n) is 7.87. The number of hydrogen-bond acceptors (Lipinski definition) is 8. The first-order valence-corrected chi connectivity index (χ1v) is 11.5. The number of ketones is 2. The molecule has 0 saturated heterocycles. The van der Waals surface area contributed by atoms with Gasteiger partial charge in [0.1, 0.15) is 5.82 Å². The molecule has 1 aliphatic carbocycles. The average Bonchev–Trinajstić information content (AvgIpc) is 3.07. The number of aryl methyl sites for hydroxylation is 1. The van der Waals surface area contributed by atoms with Crippen LogP contribution in [0.5, 0.6) is 0 Å². The van der Waals surface area contributed by atoms with Crippen molar-refractivity contribution in [3.8, 4) is 0 Å². The number of nitrogens with one attached hydrogen (secondary N) is 2. The van der Waals surface area contributed by atoms with Crippen LogP contribution in [0.4, 0.5) is 10.9 Å². The molecule has 0 aromatic carbocycles. The summed E-state index contributed by atoms with van der Waals surface area (Å²) in [4.78, 5) is 37.9. The lowest BCUT2D eigenvalue weighted by Gasteiger charge is -2.12. The van der Waals surface area contributed by atoms with E-state index in [4.69, 9.17) is 0 Å². The minimum atomic E-state index is -0.647. The second-order valence-corrected chi connectivity index (χ2v) is 8.87. The maximum absolute atomic E-state index is 13.2. The van der Waals surface area contributed by atoms with E-state index in [1.54, 1.807) is 18.3 Å². The molecule has 1 atom stereocenters. The van der Waals surface area contributed by atoms with E-state index in [0.29, 0.717) is 16.9 Å². The molecule has 2 N–H and O–H groups in total. The summed E-state index contributed by atoms with van der Waals surface area (Å²) in [5.74, 6) is -0.157. The van der Waals surface area contributed by atoms with E-state index in [-0.39, 0.29) is 11.6 Å². The van der Waals surface area contributed by atoms with Gasteiger partial charge in [0.15, 0.2) is 16.7 Å². The number of carbonyl (C=O) groups is 2. The van der Waals surface area contributed by atoms with Crippen LogP contribution >= 0.6 is 11.3 Å². The summed E-state index contributed by atoms with van der Waals surface area (Å²) in [7, 11) is 4.14. The summed E-state index contributed by atoms with van der Waals surface area (Å²) in [5.41, 5.74) is 1.32. The number of thiazole rings is 1. The Hall–Kier alpha value is -2.32. The van der Waals surface area contributed by atoms with Crippen molar-refractivity contribution in [2.24, 2.45) is 5.92 Å². The summed E-state index contributed by atoms with van der Waals surface area (Å²) >= 11 is 1.39. The molecule has 0 amide bonds. The molecular formula is C22H31N5O2S. The smallest absolute Gasteiger partial charge is 0.185 e. The van der Waals surface area contributed by atoms with Gasteiger partial charge in [-0.25, -0.2) is 9.97 Å². The van der Waals surface area contributed by atoms with Crippen LogP contribution in [0.15, 0.2) is 18.3 Å². The molecule has 0 saturated carbocycles. The molecule has 7 nitrogen and oxygen atoms in total. The van der Waals surface area contributed by atoms with Crippen molar-refractivity contribution in [1.29, 1.82) is 0 Å². The summed E-state index contributed by atoms with van der Waals surface area (Å²) in [5, 5.41) is 7.24. The highest BCUT2D eigenvalue weighted by Crippen LogP contribution is 2.33. The average molecular weight is 430 g/mol. The van der Waals surface area contributed by atoms with Gasteiger partial charge in [0.05, 0.1) is 16.5 Å². The number of fused-ring (bicyclic) bond motifs is 1. The topological polar surface area (TPSA) is 87.2 Å². The van der Waals surface area contributed by atoms with Crippen molar-refractivity contribution in [3.63, 3.8) is 0 Å². The molecule has 0 bridgehead atoms. The molecular weight excluding hydrogens is 398 g/mol. The molecule has 2 aromatic rings. The Bertz CT molecular complexity index is 863. The summed E-state index contributed by atoms with van der Waals surface area (Å²) in [6.07, 6.45) is 5.80. The predicted molar refractivity (Wildman–Crippen MR) is 122 cm³/mol. The van der Waals surface area contributed by atoms with Gasteiger partial charge in [-0.2, -0.15) is 0 Å². The third-order valence-electron chi connectivity index (χ3n) is 5.17. The van der Waals surface area contributed by atoms with Gasteiger partial charge < -0.3 is 15.5 Å². The fourth-order valence-corrected chi connectivity index (χ4v) is 4.61. The third kappa shape index (κ3) is 5.64. The van der Waals surface area contributed by atoms with Gasteiger partial charge >= 0.3 is 0 Å².